The molecule has 5 heteroatoms. The van der Waals surface area contributed by atoms with Crippen LogP contribution in [0.2, 0.25) is 0 Å². The lowest BCUT2D eigenvalue weighted by Gasteiger charge is -2.38. The maximum absolute atomic E-state index is 14.0. The van der Waals surface area contributed by atoms with Crippen LogP contribution in [-0.2, 0) is 27.8 Å². The molecule has 0 bridgehead atoms. The van der Waals surface area contributed by atoms with Crippen LogP contribution in [0.4, 0.5) is 11.4 Å². The number of nitrogens with one attached hydrogen (secondary N) is 2. The summed E-state index contributed by atoms with van der Waals surface area (Å²) in [6, 6.07) is 24.9. The van der Waals surface area contributed by atoms with Gasteiger partial charge in [-0.15, -0.1) is 0 Å². The normalized spacial score (nSPS) is 20.1. The maximum Gasteiger partial charge on any atom is 0.239 e. The molecule has 1 aliphatic heterocycles. The molecule has 1 heterocycles. The number of anilines is 2. The van der Waals surface area contributed by atoms with Crippen molar-refractivity contribution in [3.05, 3.63) is 106 Å². The van der Waals surface area contributed by atoms with Crippen LogP contribution in [-0.4, -0.2) is 24.3 Å². The highest BCUT2D eigenvalue weighted by Gasteiger charge is 2.42. The topological polar surface area (TPSA) is 61.4 Å². The van der Waals surface area contributed by atoms with E-state index in [2.05, 4.69) is 111 Å². The molecular weight excluding hydrogens is 506 g/mol. The van der Waals surface area contributed by atoms with Gasteiger partial charge in [-0.3, -0.25) is 9.59 Å². The van der Waals surface area contributed by atoms with Crippen LogP contribution in [0, 0.1) is 5.41 Å². The van der Waals surface area contributed by atoms with Crippen LogP contribution in [0.5, 0.6) is 0 Å². The van der Waals surface area contributed by atoms with Crippen molar-refractivity contribution in [1.29, 1.82) is 0 Å². The SMILES string of the molecule is CC1(C)CC(=O)C2=C(C1)Nc1ccccc1N(CC(=O)NC1Cc3ccccc3C1)C2c1ccc(C(C)(C)C)cc1. The molecule has 41 heavy (non-hydrogen) atoms. The smallest absolute Gasteiger partial charge is 0.239 e. The van der Waals surface area contributed by atoms with Crippen molar-refractivity contribution in [2.45, 2.75) is 77.8 Å². The molecule has 2 N–H and O–H groups in total. The van der Waals surface area contributed by atoms with E-state index in [9.17, 15) is 9.59 Å². The number of rotatable bonds is 4. The highest BCUT2D eigenvalue weighted by Crippen LogP contribution is 2.48. The number of benzene rings is 3. The molecule has 3 aromatic carbocycles. The molecule has 0 fully saturated rings. The minimum absolute atomic E-state index is 0.0175. The third-order valence-corrected chi connectivity index (χ3v) is 8.83. The molecule has 0 aromatic heterocycles. The van der Waals surface area contributed by atoms with E-state index in [1.807, 2.05) is 12.1 Å². The van der Waals surface area contributed by atoms with Gasteiger partial charge in [0.15, 0.2) is 5.78 Å². The van der Waals surface area contributed by atoms with E-state index < -0.39 is 0 Å². The van der Waals surface area contributed by atoms with E-state index >= 15 is 0 Å². The van der Waals surface area contributed by atoms with Crippen molar-refractivity contribution in [3.63, 3.8) is 0 Å². The van der Waals surface area contributed by atoms with Crippen molar-refractivity contribution in [3.8, 4) is 0 Å². The summed E-state index contributed by atoms with van der Waals surface area (Å²) in [7, 11) is 0. The lowest BCUT2D eigenvalue weighted by molar-refractivity contribution is -0.121. The van der Waals surface area contributed by atoms with Gasteiger partial charge in [0.2, 0.25) is 5.91 Å². The Morgan fingerprint density at radius 1 is 0.927 bits per heavy atom. The van der Waals surface area contributed by atoms with Gasteiger partial charge in [-0.25, -0.2) is 0 Å². The molecule has 0 saturated carbocycles. The van der Waals surface area contributed by atoms with Crippen molar-refractivity contribution < 1.29 is 9.59 Å². The van der Waals surface area contributed by atoms with Crippen molar-refractivity contribution in [1.82, 2.24) is 5.32 Å². The van der Waals surface area contributed by atoms with E-state index in [-0.39, 0.29) is 41.1 Å². The first kappa shape index (κ1) is 27.3. The molecule has 5 nitrogen and oxygen atoms in total. The summed E-state index contributed by atoms with van der Waals surface area (Å²) >= 11 is 0. The standard InChI is InChI=1S/C36H41N3O2/c1-35(2,3)26-16-14-23(15-17-26)34-33-29(20-36(4,5)21-31(33)40)38-28-12-8-9-13-30(28)39(34)22-32(41)37-27-18-24-10-6-7-11-25(24)19-27/h6-17,27,34,38H,18-22H2,1-5H3,(H,37,41). The van der Waals surface area contributed by atoms with Crippen LogP contribution in [0.1, 0.15) is 75.8 Å². The first-order chi connectivity index (χ1) is 19.5. The summed E-state index contributed by atoms with van der Waals surface area (Å²) in [6.07, 6.45) is 2.96. The Morgan fingerprint density at radius 3 is 2.22 bits per heavy atom. The predicted octanol–water partition coefficient (Wildman–Crippen LogP) is 6.88. The summed E-state index contributed by atoms with van der Waals surface area (Å²) in [5.74, 6) is 0.125. The molecule has 3 aliphatic rings. The second-order valence-electron chi connectivity index (χ2n) is 13.8. The van der Waals surface area contributed by atoms with E-state index in [0.717, 1.165) is 47.5 Å². The number of Topliss-reactive ketones (excluding diaryl/α,β-unsaturated/α-hetero) is 1. The zero-order valence-electron chi connectivity index (χ0n) is 24.9. The van der Waals surface area contributed by atoms with Crippen molar-refractivity contribution >= 4 is 23.1 Å². The third-order valence-electron chi connectivity index (χ3n) is 8.83. The summed E-state index contributed by atoms with van der Waals surface area (Å²) in [4.78, 5) is 29.9. The molecule has 1 unspecified atom stereocenters. The third kappa shape index (κ3) is 5.42. The van der Waals surface area contributed by atoms with Crippen molar-refractivity contribution in [2.75, 3.05) is 16.8 Å². The number of hydrogen-bond donors (Lipinski definition) is 2. The van der Waals surface area contributed by atoms with Gasteiger partial charge in [0, 0.05) is 23.7 Å². The Hall–Kier alpha value is -3.86. The van der Waals surface area contributed by atoms with E-state index in [4.69, 9.17) is 0 Å². The monoisotopic (exact) mass is 547 g/mol. The average molecular weight is 548 g/mol. The van der Waals surface area contributed by atoms with Crippen LogP contribution >= 0.6 is 0 Å². The number of carbonyl (C=O) groups excluding carboxylic acids is 2. The second kappa shape index (κ2) is 10.2. The highest BCUT2D eigenvalue weighted by atomic mass is 16.2. The van der Waals surface area contributed by atoms with Gasteiger partial charge in [0.25, 0.3) is 0 Å². The number of para-hydroxylation sites is 2. The Balaban J connectivity index is 1.40. The summed E-state index contributed by atoms with van der Waals surface area (Å²) in [5.41, 5.74) is 8.38. The summed E-state index contributed by atoms with van der Waals surface area (Å²) < 4.78 is 0. The van der Waals surface area contributed by atoms with Gasteiger partial charge in [-0.05, 0) is 64.5 Å². The zero-order chi connectivity index (χ0) is 28.9. The van der Waals surface area contributed by atoms with Gasteiger partial charge in [0.1, 0.15) is 0 Å². The first-order valence-corrected chi connectivity index (χ1v) is 14.8. The molecule has 3 aromatic rings. The van der Waals surface area contributed by atoms with Crippen LogP contribution in [0.3, 0.4) is 0 Å². The minimum atomic E-state index is -0.370. The van der Waals surface area contributed by atoms with Gasteiger partial charge < -0.3 is 15.5 Å². The van der Waals surface area contributed by atoms with E-state index in [1.165, 1.54) is 16.7 Å². The van der Waals surface area contributed by atoms with Gasteiger partial charge in [-0.1, -0.05) is 95.3 Å². The Bertz CT molecular complexity index is 1500. The van der Waals surface area contributed by atoms with E-state index in [0.29, 0.717) is 6.42 Å². The summed E-state index contributed by atoms with van der Waals surface area (Å²) in [5, 5.41) is 6.98. The molecule has 0 radical (unpaired) electrons. The fourth-order valence-corrected chi connectivity index (χ4v) is 6.83. The van der Waals surface area contributed by atoms with Gasteiger partial charge >= 0.3 is 0 Å². The Morgan fingerprint density at radius 2 is 1.56 bits per heavy atom. The number of nitrogens with zero attached hydrogens (tertiary/aromatic N) is 1. The average Bonchev–Trinajstić information content (AvgIpc) is 3.25. The molecule has 2 aliphatic carbocycles. The van der Waals surface area contributed by atoms with Crippen molar-refractivity contribution in [2.24, 2.45) is 5.41 Å². The predicted molar refractivity (Wildman–Crippen MR) is 166 cm³/mol. The lowest BCUT2D eigenvalue weighted by atomic mass is 9.73. The number of allylic oxidation sites excluding steroid dienone is 1. The molecule has 0 spiro atoms. The molecule has 1 atom stereocenters. The largest absolute Gasteiger partial charge is 0.357 e. The molecule has 0 saturated heterocycles. The molecule has 212 valence electrons. The van der Waals surface area contributed by atoms with Crippen LogP contribution in [0.25, 0.3) is 0 Å². The molecule has 1 amide bonds. The number of hydrogen-bond acceptors (Lipinski definition) is 4. The van der Waals surface area contributed by atoms with Crippen LogP contribution < -0.4 is 15.5 Å². The fourth-order valence-electron chi connectivity index (χ4n) is 6.83. The fraction of sp³-hybridized carbons (Fsp3) is 0.389. The summed E-state index contributed by atoms with van der Waals surface area (Å²) in [6.45, 7) is 11.1. The number of ketones is 1. The quantitative estimate of drug-likeness (QED) is 0.374. The number of fused-ring (bicyclic) bond motifs is 2. The van der Waals surface area contributed by atoms with E-state index in [1.54, 1.807) is 0 Å². The van der Waals surface area contributed by atoms with Gasteiger partial charge in [-0.2, -0.15) is 0 Å². The highest BCUT2D eigenvalue weighted by molar-refractivity contribution is 6.02. The Kier molecular flexibility index (Phi) is 6.80. The molecule has 6 rings (SSSR count). The van der Waals surface area contributed by atoms with Gasteiger partial charge in [0.05, 0.1) is 24.0 Å². The van der Waals surface area contributed by atoms with Crippen LogP contribution in [0.15, 0.2) is 84.1 Å². The first-order valence-electron chi connectivity index (χ1n) is 14.8. The minimum Gasteiger partial charge on any atom is -0.357 e. The Labute approximate surface area is 244 Å². The second-order valence-corrected chi connectivity index (χ2v) is 13.8. The number of amides is 1. The molecular formula is C36H41N3O2. The maximum atomic E-state index is 14.0. The lowest BCUT2D eigenvalue weighted by Crippen LogP contribution is -2.45. The zero-order valence-corrected chi connectivity index (χ0v) is 24.9. The number of carbonyl (C=O) groups is 2.